The lowest BCUT2D eigenvalue weighted by Gasteiger charge is -2.32. The van der Waals surface area contributed by atoms with Gasteiger partial charge in [-0.05, 0) is 24.2 Å². The minimum atomic E-state index is -0.224. The van der Waals surface area contributed by atoms with Gasteiger partial charge in [-0.1, -0.05) is 24.3 Å². The number of benzene rings is 1. The lowest BCUT2D eigenvalue weighted by atomic mass is 10.0. The van der Waals surface area contributed by atoms with E-state index in [9.17, 15) is 4.79 Å². The first-order chi connectivity index (χ1) is 12.1. The number of carbonyl (C=O) groups is 1. The summed E-state index contributed by atoms with van der Waals surface area (Å²) >= 11 is 0. The average molecular weight is 339 g/mol. The maximum atomic E-state index is 11.9. The molecule has 0 atom stereocenters. The molecule has 0 bridgehead atoms. The second kappa shape index (κ2) is 7.63. The van der Waals surface area contributed by atoms with Gasteiger partial charge in [-0.3, -0.25) is 9.69 Å². The van der Waals surface area contributed by atoms with Crippen LogP contribution in [0, 0.1) is 0 Å². The SMILES string of the molecule is CNC(=O)c1cc(-c2ccc(CN3CCN(C)CC3)cc2)cnc1N. The number of pyridine rings is 1. The summed E-state index contributed by atoms with van der Waals surface area (Å²) in [6.45, 7) is 5.43. The molecule has 1 saturated heterocycles. The number of rotatable bonds is 4. The summed E-state index contributed by atoms with van der Waals surface area (Å²) in [5.41, 5.74) is 9.42. The first-order valence-corrected chi connectivity index (χ1v) is 8.54. The van der Waals surface area contributed by atoms with E-state index < -0.39 is 0 Å². The molecule has 1 aliphatic heterocycles. The predicted molar refractivity (Wildman–Crippen MR) is 100 cm³/mol. The van der Waals surface area contributed by atoms with E-state index in [1.807, 2.05) is 0 Å². The van der Waals surface area contributed by atoms with Crippen LogP contribution in [0.3, 0.4) is 0 Å². The molecule has 0 saturated carbocycles. The summed E-state index contributed by atoms with van der Waals surface area (Å²) in [5, 5.41) is 2.59. The van der Waals surface area contributed by atoms with Crippen molar-refractivity contribution in [2.45, 2.75) is 6.54 Å². The van der Waals surface area contributed by atoms with Crippen LogP contribution in [0.4, 0.5) is 5.82 Å². The predicted octanol–water partition coefficient (Wildman–Crippen LogP) is 1.44. The number of piperazine rings is 1. The van der Waals surface area contributed by atoms with Crippen molar-refractivity contribution in [3.8, 4) is 11.1 Å². The van der Waals surface area contributed by atoms with E-state index in [0.717, 1.165) is 43.9 Å². The van der Waals surface area contributed by atoms with Crippen molar-refractivity contribution in [3.05, 3.63) is 47.7 Å². The van der Waals surface area contributed by atoms with Crippen LogP contribution in [0.2, 0.25) is 0 Å². The molecule has 6 heteroatoms. The van der Waals surface area contributed by atoms with E-state index in [-0.39, 0.29) is 11.7 Å². The van der Waals surface area contributed by atoms with Crippen LogP contribution < -0.4 is 11.1 Å². The van der Waals surface area contributed by atoms with Gasteiger partial charge >= 0.3 is 0 Å². The lowest BCUT2D eigenvalue weighted by Crippen LogP contribution is -2.43. The normalized spacial score (nSPS) is 15.9. The number of anilines is 1. The van der Waals surface area contributed by atoms with Crippen LogP contribution in [0.25, 0.3) is 11.1 Å². The van der Waals surface area contributed by atoms with Gasteiger partial charge in [0.05, 0.1) is 5.56 Å². The topological polar surface area (TPSA) is 74.5 Å². The maximum Gasteiger partial charge on any atom is 0.254 e. The summed E-state index contributed by atoms with van der Waals surface area (Å²) in [6, 6.07) is 10.2. The van der Waals surface area contributed by atoms with Crippen LogP contribution >= 0.6 is 0 Å². The number of hydrogen-bond acceptors (Lipinski definition) is 5. The van der Waals surface area contributed by atoms with Crippen LogP contribution in [-0.2, 0) is 6.54 Å². The third-order valence-electron chi connectivity index (χ3n) is 4.68. The number of likely N-dealkylation sites (N-methyl/N-ethyl adjacent to an activating group) is 1. The number of aromatic nitrogens is 1. The van der Waals surface area contributed by atoms with Gasteiger partial charge in [0.2, 0.25) is 0 Å². The molecule has 1 aromatic heterocycles. The minimum Gasteiger partial charge on any atom is -0.383 e. The Morgan fingerprint density at radius 2 is 1.84 bits per heavy atom. The van der Waals surface area contributed by atoms with Gasteiger partial charge in [-0.25, -0.2) is 4.98 Å². The Labute approximate surface area is 148 Å². The number of nitrogens with zero attached hydrogens (tertiary/aromatic N) is 3. The van der Waals surface area contributed by atoms with Gasteiger partial charge < -0.3 is 16.0 Å². The van der Waals surface area contributed by atoms with Gasteiger partial charge in [0.1, 0.15) is 5.82 Å². The van der Waals surface area contributed by atoms with Crippen molar-refractivity contribution < 1.29 is 4.79 Å². The summed E-state index contributed by atoms with van der Waals surface area (Å²) < 4.78 is 0. The molecule has 3 N–H and O–H groups in total. The van der Waals surface area contributed by atoms with Crippen LogP contribution in [-0.4, -0.2) is 61.0 Å². The highest BCUT2D eigenvalue weighted by atomic mass is 16.1. The van der Waals surface area contributed by atoms with E-state index in [1.165, 1.54) is 5.56 Å². The lowest BCUT2D eigenvalue weighted by molar-refractivity contribution is 0.0963. The fourth-order valence-corrected chi connectivity index (χ4v) is 3.02. The van der Waals surface area contributed by atoms with Gasteiger partial charge in [0.25, 0.3) is 5.91 Å². The summed E-state index contributed by atoms with van der Waals surface area (Å²) in [7, 11) is 3.75. The second-order valence-electron chi connectivity index (χ2n) is 6.51. The van der Waals surface area contributed by atoms with Crippen molar-refractivity contribution >= 4 is 11.7 Å². The van der Waals surface area contributed by atoms with Crippen molar-refractivity contribution in [1.29, 1.82) is 0 Å². The highest BCUT2D eigenvalue weighted by molar-refractivity contribution is 5.99. The number of carbonyl (C=O) groups excluding carboxylic acids is 1. The Morgan fingerprint density at radius 3 is 2.48 bits per heavy atom. The molecule has 1 fully saturated rings. The first-order valence-electron chi connectivity index (χ1n) is 8.54. The molecular weight excluding hydrogens is 314 g/mol. The first kappa shape index (κ1) is 17.4. The fourth-order valence-electron chi connectivity index (χ4n) is 3.02. The quantitative estimate of drug-likeness (QED) is 0.882. The monoisotopic (exact) mass is 339 g/mol. The Balaban J connectivity index is 1.73. The summed E-state index contributed by atoms with van der Waals surface area (Å²) in [6.07, 6.45) is 1.71. The Hall–Kier alpha value is -2.44. The molecule has 1 amide bonds. The number of nitrogen functional groups attached to an aromatic ring is 1. The highest BCUT2D eigenvalue weighted by Crippen LogP contribution is 2.23. The zero-order chi connectivity index (χ0) is 17.8. The van der Waals surface area contributed by atoms with Crippen LogP contribution in [0.15, 0.2) is 36.5 Å². The Kier molecular flexibility index (Phi) is 5.31. The third kappa shape index (κ3) is 4.15. The number of hydrogen-bond donors (Lipinski definition) is 2. The van der Waals surface area contributed by atoms with Crippen molar-refractivity contribution in [2.24, 2.45) is 0 Å². The van der Waals surface area contributed by atoms with E-state index in [1.54, 1.807) is 19.3 Å². The third-order valence-corrected chi connectivity index (χ3v) is 4.68. The second-order valence-corrected chi connectivity index (χ2v) is 6.51. The molecule has 2 heterocycles. The Bertz CT molecular complexity index is 736. The molecule has 6 nitrogen and oxygen atoms in total. The van der Waals surface area contributed by atoms with E-state index >= 15 is 0 Å². The minimum absolute atomic E-state index is 0.224. The largest absolute Gasteiger partial charge is 0.383 e. The molecule has 0 unspecified atom stereocenters. The molecule has 0 aliphatic carbocycles. The van der Waals surface area contributed by atoms with Gasteiger partial charge in [0.15, 0.2) is 0 Å². The molecule has 0 spiro atoms. The number of nitrogens with two attached hydrogens (primary N) is 1. The van der Waals surface area contributed by atoms with Crippen molar-refractivity contribution in [1.82, 2.24) is 20.1 Å². The molecule has 132 valence electrons. The number of amides is 1. The van der Waals surface area contributed by atoms with Crippen molar-refractivity contribution in [2.75, 3.05) is 46.0 Å². The van der Waals surface area contributed by atoms with Gasteiger partial charge in [-0.2, -0.15) is 0 Å². The van der Waals surface area contributed by atoms with E-state index in [2.05, 4.69) is 51.4 Å². The molecule has 1 aromatic carbocycles. The Morgan fingerprint density at radius 1 is 1.16 bits per heavy atom. The number of nitrogens with one attached hydrogen (secondary N) is 1. The molecule has 25 heavy (non-hydrogen) atoms. The zero-order valence-electron chi connectivity index (χ0n) is 14.8. The molecule has 1 aliphatic rings. The molecule has 2 aromatic rings. The zero-order valence-corrected chi connectivity index (χ0v) is 14.8. The highest BCUT2D eigenvalue weighted by Gasteiger charge is 2.14. The standard InChI is InChI=1S/C19H25N5O/c1-21-19(25)17-11-16(12-22-18(17)20)15-5-3-14(4-6-15)13-24-9-7-23(2)8-10-24/h3-6,11-12H,7-10,13H2,1-2H3,(H2,20,22)(H,21,25). The molecule has 3 rings (SSSR count). The fraction of sp³-hybridized carbons (Fsp3) is 0.368. The van der Waals surface area contributed by atoms with Crippen molar-refractivity contribution in [3.63, 3.8) is 0 Å². The summed E-state index contributed by atoms with van der Waals surface area (Å²) in [5.74, 6) is 0.0216. The van der Waals surface area contributed by atoms with E-state index in [0.29, 0.717) is 5.56 Å². The van der Waals surface area contributed by atoms with Gasteiger partial charge in [0, 0.05) is 51.5 Å². The van der Waals surface area contributed by atoms with E-state index in [4.69, 9.17) is 5.73 Å². The van der Waals surface area contributed by atoms with Crippen LogP contribution in [0.1, 0.15) is 15.9 Å². The smallest absolute Gasteiger partial charge is 0.254 e. The average Bonchev–Trinajstić information content (AvgIpc) is 2.64. The molecule has 0 radical (unpaired) electrons. The van der Waals surface area contributed by atoms with Gasteiger partial charge in [-0.15, -0.1) is 0 Å². The maximum absolute atomic E-state index is 11.9. The molecular formula is C19H25N5O. The van der Waals surface area contributed by atoms with Crippen LogP contribution in [0.5, 0.6) is 0 Å². The summed E-state index contributed by atoms with van der Waals surface area (Å²) in [4.78, 5) is 20.9.